The van der Waals surface area contributed by atoms with Gasteiger partial charge in [-0.1, -0.05) is 36.4 Å². The number of benzene rings is 2. The van der Waals surface area contributed by atoms with Gasteiger partial charge in [-0.05, 0) is 29.3 Å². The highest BCUT2D eigenvalue weighted by Gasteiger charge is 2.24. The molecule has 2 heterocycles. The molecule has 4 rings (SSSR count). The lowest BCUT2D eigenvalue weighted by atomic mass is 9.92. The van der Waals surface area contributed by atoms with E-state index in [1.54, 1.807) is 25.4 Å². The molecule has 2 aromatic heterocycles. The van der Waals surface area contributed by atoms with Crippen molar-refractivity contribution in [3.63, 3.8) is 0 Å². The second kappa shape index (κ2) is 7.52. The number of H-pyrrole nitrogens is 1. The third-order valence-electron chi connectivity index (χ3n) is 4.68. The first-order valence-electron chi connectivity index (χ1n) is 8.82. The van der Waals surface area contributed by atoms with Crippen LogP contribution in [0.25, 0.3) is 11.0 Å². The zero-order chi connectivity index (χ0) is 19.5. The lowest BCUT2D eigenvalue weighted by Crippen LogP contribution is -2.06. The molecule has 140 valence electrons. The highest BCUT2D eigenvalue weighted by Crippen LogP contribution is 2.34. The number of nitrogens with one attached hydrogen (secondary N) is 1. The molecule has 1 unspecified atom stereocenters. The van der Waals surface area contributed by atoms with E-state index in [1.165, 1.54) is 7.11 Å². The van der Waals surface area contributed by atoms with Gasteiger partial charge in [-0.25, -0.2) is 9.78 Å². The third kappa shape index (κ3) is 3.09. The lowest BCUT2D eigenvalue weighted by Gasteiger charge is -2.15. The van der Waals surface area contributed by atoms with Crippen LogP contribution in [0.15, 0.2) is 67.0 Å². The predicted octanol–water partition coefficient (Wildman–Crippen LogP) is 3.93. The topological polar surface area (TPSA) is 77.1 Å². The van der Waals surface area contributed by atoms with Crippen molar-refractivity contribution in [3.8, 4) is 5.75 Å². The molecule has 0 amide bonds. The zero-order valence-electron chi connectivity index (χ0n) is 15.5. The Morgan fingerprint density at radius 2 is 1.79 bits per heavy atom. The number of esters is 1. The molecule has 0 aliphatic heterocycles. The Labute approximate surface area is 162 Å². The Kier molecular flexibility index (Phi) is 4.76. The van der Waals surface area contributed by atoms with Gasteiger partial charge in [0, 0.05) is 12.4 Å². The average Bonchev–Trinajstić information content (AvgIpc) is 3.19. The maximum atomic E-state index is 12.2. The number of imidazole rings is 1. The number of hydrogen-bond donors (Lipinski definition) is 1. The maximum Gasteiger partial charge on any atom is 0.340 e. The summed E-state index contributed by atoms with van der Waals surface area (Å²) in [6, 6.07) is 17.3. The number of rotatable bonds is 5. The SMILES string of the molecule is COC(=O)c1ccc(OC)c2nc(C(c3ccccc3)c3cccnc3)[nH]c12. The second-order valence-corrected chi connectivity index (χ2v) is 6.28. The number of methoxy groups -OCH3 is 2. The number of aromatic nitrogens is 3. The standard InChI is InChI=1S/C22H19N3O3/c1-27-17-11-10-16(22(26)28-2)19-20(17)25-21(24-19)18(14-7-4-3-5-8-14)15-9-6-12-23-13-15/h3-13,18H,1-2H3,(H,24,25). The summed E-state index contributed by atoms with van der Waals surface area (Å²) in [5.41, 5.74) is 3.64. The number of ether oxygens (including phenoxy) is 2. The minimum Gasteiger partial charge on any atom is -0.494 e. The molecule has 0 fully saturated rings. The molecule has 0 bridgehead atoms. The molecule has 0 aliphatic carbocycles. The number of carbonyl (C=O) groups is 1. The number of pyridine rings is 1. The highest BCUT2D eigenvalue weighted by molar-refractivity contribution is 6.03. The molecule has 0 radical (unpaired) electrons. The lowest BCUT2D eigenvalue weighted by molar-refractivity contribution is 0.0603. The first-order valence-corrected chi connectivity index (χ1v) is 8.82. The average molecular weight is 373 g/mol. The van der Waals surface area contributed by atoms with Gasteiger partial charge in [0.2, 0.25) is 0 Å². The van der Waals surface area contributed by atoms with E-state index in [9.17, 15) is 4.79 Å². The number of fused-ring (bicyclic) bond motifs is 1. The minimum atomic E-state index is -0.430. The molecule has 0 spiro atoms. The Hall–Kier alpha value is -3.67. The van der Waals surface area contributed by atoms with Crippen LogP contribution >= 0.6 is 0 Å². The smallest absolute Gasteiger partial charge is 0.340 e. The molecule has 1 N–H and O–H groups in total. The number of aromatic amines is 1. The Morgan fingerprint density at radius 1 is 1.00 bits per heavy atom. The van der Waals surface area contributed by atoms with E-state index in [0.29, 0.717) is 28.2 Å². The van der Waals surface area contributed by atoms with Crippen molar-refractivity contribution in [2.45, 2.75) is 5.92 Å². The van der Waals surface area contributed by atoms with Gasteiger partial charge in [0.25, 0.3) is 0 Å². The molecule has 0 aliphatic rings. The van der Waals surface area contributed by atoms with Crippen molar-refractivity contribution in [2.24, 2.45) is 0 Å². The summed E-state index contributed by atoms with van der Waals surface area (Å²) in [7, 11) is 2.94. The number of nitrogens with zero attached hydrogens (tertiary/aromatic N) is 2. The normalized spacial score (nSPS) is 11.9. The summed E-state index contributed by atoms with van der Waals surface area (Å²) in [6.45, 7) is 0. The predicted molar refractivity (Wildman–Crippen MR) is 106 cm³/mol. The highest BCUT2D eigenvalue weighted by atomic mass is 16.5. The fourth-order valence-electron chi connectivity index (χ4n) is 3.37. The monoisotopic (exact) mass is 373 g/mol. The zero-order valence-corrected chi connectivity index (χ0v) is 15.5. The van der Waals surface area contributed by atoms with Crippen LogP contribution in [0.5, 0.6) is 5.75 Å². The fourth-order valence-corrected chi connectivity index (χ4v) is 3.37. The van der Waals surface area contributed by atoms with Crippen LogP contribution in [0.1, 0.15) is 33.2 Å². The van der Waals surface area contributed by atoms with E-state index >= 15 is 0 Å². The molecule has 6 nitrogen and oxygen atoms in total. The maximum absolute atomic E-state index is 12.2. The molecule has 2 aromatic carbocycles. The van der Waals surface area contributed by atoms with Crippen LogP contribution in [-0.4, -0.2) is 35.1 Å². The Morgan fingerprint density at radius 3 is 2.46 bits per heavy atom. The van der Waals surface area contributed by atoms with E-state index < -0.39 is 5.97 Å². The van der Waals surface area contributed by atoms with E-state index in [-0.39, 0.29) is 5.92 Å². The number of hydrogen-bond acceptors (Lipinski definition) is 5. The minimum absolute atomic E-state index is 0.169. The van der Waals surface area contributed by atoms with Crippen molar-refractivity contribution in [1.82, 2.24) is 15.0 Å². The van der Waals surface area contributed by atoms with E-state index in [0.717, 1.165) is 11.1 Å². The molecule has 0 saturated carbocycles. The van der Waals surface area contributed by atoms with Gasteiger partial charge in [-0.3, -0.25) is 4.98 Å². The van der Waals surface area contributed by atoms with E-state index in [4.69, 9.17) is 14.5 Å². The molecule has 6 heteroatoms. The van der Waals surface area contributed by atoms with Crippen molar-refractivity contribution >= 4 is 17.0 Å². The first-order chi connectivity index (χ1) is 13.7. The van der Waals surface area contributed by atoms with Gasteiger partial charge in [0.05, 0.1) is 31.2 Å². The fraction of sp³-hybridized carbons (Fsp3) is 0.136. The largest absolute Gasteiger partial charge is 0.494 e. The molecule has 0 saturated heterocycles. The van der Waals surface area contributed by atoms with Gasteiger partial charge in [-0.15, -0.1) is 0 Å². The van der Waals surface area contributed by atoms with Crippen molar-refractivity contribution < 1.29 is 14.3 Å². The quantitative estimate of drug-likeness (QED) is 0.536. The number of carbonyl (C=O) groups excluding carboxylic acids is 1. The van der Waals surface area contributed by atoms with Crippen molar-refractivity contribution in [1.29, 1.82) is 0 Å². The summed E-state index contributed by atoms with van der Waals surface area (Å²) in [6.07, 6.45) is 3.56. The second-order valence-electron chi connectivity index (χ2n) is 6.28. The van der Waals surface area contributed by atoms with Crippen LogP contribution in [0, 0.1) is 0 Å². The molecule has 28 heavy (non-hydrogen) atoms. The molecule has 1 atom stereocenters. The summed E-state index contributed by atoms with van der Waals surface area (Å²) < 4.78 is 10.4. The summed E-state index contributed by atoms with van der Waals surface area (Å²) in [4.78, 5) is 24.6. The van der Waals surface area contributed by atoms with Crippen LogP contribution < -0.4 is 4.74 Å². The van der Waals surface area contributed by atoms with Crippen molar-refractivity contribution in [3.05, 3.63) is 89.5 Å². The van der Waals surface area contributed by atoms with Crippen LogP contribution in [0.3, 0.4) is 0 Å². The molecular weight excluding hydrogens is 354 g/mol. The van der Waals surface area contributed by atoms with Crippen LogP contribution in [-0.2, 0) is 4.74 Å². The Bertz CT molecular complexity index is 1070. The summed E-state index contributed by atoms with van der Waals surface area (Å²) in [5, 5.41) is 0. The van der Waals surface area contributed by atoms with Gasteiger partial charge < -0.3 is 14.5 Å². The van der Waals surface area contributed by atoms with Gasteiger partial charge in [-0.2, -0.15) is 0 Å². The molecular formula is C22H19N3O3. The van der Waals surface area contributed by atoms with E-state index in [1.807, 2.05) is 48.7 Å². The first kappa shape index (κ1) is 17.7. The van der Waals surface area contributed by atoms with Gasteiger partial charge in [0.15, 0.2) is 0 Å². The van der Waals surface area contributed by atoms with Crippen molar-refractivity contribution in [2.75, 3.05) is 14.2 Å². The molecule has 4 aromatic rings. The third-order valence-corrected chi connectivity index (χ3v) is 4.68. The van der Waals surface area contributed by atoms with Crippen LogP contribution in [0.4, 0.5) is 0 Å². The van der Waals surface area contributed by atoms with E-state index in [2.05, 4.69) is 9.97 Å². The van der Waals surface area contributed by atoms with Crippen LogP contribution in [0.2, 0.25) is 0 Å². The van der Waals surface area contributed by atoms with Gasteiger partial charge in [0.1, 0.15) is 17.1 Å². The summed E-state index contributed by atoms with van der Waals surface area (Å²) in [5.74, 6) is 0.685. The van der Waals surface area contributed by atoms with Gasteiger partial charge >= 0.3 is 5.97 Å². The summed E-state index contributed by atoms with van der Waals surface area (Å²) >= 11 is 0. The Balaban J connectivity index is 1.96.